The van der Waals surface area contributed by atoms with Crippen LogP contribution in [0.25, 0.3) is 278 Å². The number of fused-ring (bicyclic) bond motifs is 18. The van der Waals surface area contributed by atoms with E-state index in [1.165, 1.54) is 93.0 Å². The molecule has 12 nitrogen and oxygen atoms in total. The molecule has 12 heteroatoms. The van der Waals surface area contributed by atoms with Crippen molar-refractivity contribution in [3.05, 3.63) is 497 Å². The molecule has 0 aliphatic rings. The van der Waals surface area contributed by atoms with Gasteiger partial charge in [0.1, 0.15) is 22.3 Å². The van der Waals surface area contributed by atoms with Crippen LogP contribution < -0.4 is 0 Å². The van der Waals surface area contributed by atoms with Crippen LogP contribution in [-0.4, -0.2) is 48.2 Å². The Morgan fingerprint density at radius 1 is 0.132 bits per heavy atom. The number of hydrogen-bond acceptors (Lipinski definition) is 8. The molecule has 29 rings (SSSR count). The van der Waals surface area contributed by atoms with E-state index in [1.807, 2.05) is 146 Å². The van der Waals surface area contributed by atoms with Crippen LogP contribution in [0.2, 0.25) is 0 Å². The third kappa shape index (κ3) is 14.2. The summed E-state index contributed by atoms with van der Waals surface area (Å²) in [6, 6.07) is 176. The molecular formula is C132H82N10O2. The van der Waals surface area contributed by atoms with Gasteiger partial charge in [-0.3, -0.25) is 0 Å². The predicted molar refractivity (Wildman–Crippen MR) is 591 cm³/mol. The minimum absolute atomic E-state index is 0.589. The monoisotopic (exact) mass is 1840 g/mol. The highest BCUT2D eigenvalue weighted by Crippen LogP contribution is 2.48. The second-order valence-electron chi connectivity index (χ2n) is 36.8. The largest absolute Gasteiger partial charge is 0.456 e. The summed E-state index contributed by atoms with van der Waals surface area (Å²) in [5, 5.41) is 13.6. The number of rotatable bonds is 15. The Kier molecular flexibility index (Phi) is 19.7. The maximum Gasteiger partial charge on any atom is 0.164 e. The first-order valence-corrected chi connectivity index (χ1v) is 48.6. The van der Waals surface area contributed by atoms with Gasteiger partial charge in [0.25, 0.3) is 0 Å². The van der Waals surface area contributed by atoms with Gasteiger partial charge in [0.2, 0.25) is 0 Å². The fourth-order valence-corrected chi connectivity index (χ4v) is 21.6. The normalized spacial score (nSPS) is 11.8. The van der Waals surface area contributed by atoms with E-state index >= 15 is 0 Å². The number of furan rings is 2. The molecule has 0 fully saturated rings. The molecule has 8 aromatic heterocycles. The van der Waals surface area contributed by atoms with Crippen molar-refractivity contribution in [3.63, 3.8) is 0 Å². The van der Waals surface area contributed by atoms with E-state index in [0.29, 0.717) is 34.9 Å². The quantitative estimate of drug-likeness (QED) is 0.0994. The van der Waals surface area contributed by atoms with Crippen LogP contribution in [0.1, 0.15) is 0 Å². The number of para-hydroxylation sites is 5. The SMILES string of the molecule is c1ccc(-c2cccc(-n3c4ccccc4c4cc(-c5ccc6c(c5)c5cc(-c7ccc8oc9cccc(-c%10nc(-c%11ccccc%11)nc(-c%11ccccc%11)n%10)c9c8c7)ccc5n6-c5ccccc5)ccc43)c2)cc1.c1ccc(-c2nc(-c3ccccc3)nc(-c3cccc4oc5ccc(-c6ccc7c(c6)c6cc(-c8ccc9c(c8)c8ccccc8n9-c8ccccc8)ccc6n7-c6ccccc6)cc5c34)n2)cc1. The summed E-state index contributed by atoms with van der Waals surface area (Å²) in [4.78, 5) is 30.4. The summed E-state index contributed by atoms with van der Waals surface area (Å²) in [6.07, 6.45) is 0. The van der Waals surface area contributed by atoms with Gasteiger partial charge in [-0.25, -0.2) is 29.9 Å². The minimum atomic E-state index is 0.589. The summed E-state index contributed by atoms with van der Waals surface area (Å²) >= 11 is 0. The Balaban J connectivity index is 0.000000141. The van der Waals surface area contributed by atoms with Crippen LogP contribution in [0.15, 0.2) is 506 Å². The summed E-state index contributed by atoms with van der Waals surface area (Å²) < 4.78 is 22.7. The molecule has 0 atom stereocenters. The van der Waals surface area contributed by atoms with Gasteiger partial charge in [-0.15, -0.1) is 0 Å². The number of hydrogen-bond donors (Lipinski definition) is 0. The topological polar surface area (TPSA) is 123 Å². The fourth-order valence-electron chi connectivity index (χ4n) is 21.6. The molecule has 0 aliphatic heterocycles. The zero-order chi connectivity index (χ0) is 94.8. The van der Waals surface area contributed by atoms with Crippen molar-refractivity contribution in [2.24, 2.45) is 0 Å². The molecule has 672 valence electrons. The zero-order valence-electron chi connectivity index (χ0n) is 77.6. The van der Waals surface area contributed by atoms with Gasteiger partial charge in [-0.1, -0.05) is 328 Å². The van der Waals surface area contributed by atoms with Gasteiger partial charge in [-0.05, 0) is 225 Å². The number of benzene rings is 21. The lowest BCUT2D eigenvalue weighted by atomic mass is 9.98. The van der Waals surface area contributed by atoms with Crippen LogP contribution >= 0.6 is 0 Å². The maximum absolute atomic E-state index is 6.59. The Hall–Kier alpha value is -19.6. The van der Waals surface area contributed by atoms with Gasteiger partial charge in [-0.2, -0.15) is 0 Å². The van der Waals surface area contributed by atoms with Crippen LogP contribution in [0.3, 0.4) is 0 Å². The second-order valence-corrected chi connectivity index (χ2v) is 36.8. The van der Waals surface area contributed by atoms with Crippen molar-refractivity contribution < 1.29 is 8.83 Å². The van der Waals surface area contributed by atoms with E-state index in [2.05, 4.69) is 370 Å². The standard InChI is InChI=1S/C69H43N5O.C63H39N5O/c1-5-17-44(18-6-1)47-23-15-26-53(39-47)74-60-29-14-13-27-54(60)56-40-48(31-35-61(56)74)49-32-36-62-57(41-49)58-42-50(33-37-63(58)73(62)52-24-11-4-12-25-52)51-34-38-64-59(43-51)66-55(28-16-30-65(66)75-64)69-71-67(45-19-7-2-8-20-45)70-68(72-69)46-21-9-3-10-22-46;1-5-16-40(17-6-1)61-64-62(41-18-7-2-8-19-41)66-63(65-61)49-25-15-27-59-60(49)53-39-45(31-35-58(53)69-59)44-30-34-57-52(38-44)51-37-43(29-33-56(51)68(57)47-22-11-4-12-23-47)42-28-32-55-50(36-42)48-24-13-14-26-54(48)67(55)46-20-9-3-10-21-46/h1-43H;1-39H. The van der Waals surface area contributed by atoms with E-state index in [9.17, 15) is 0 Å². The van der Waals surface area contributed by atoms with Gasteiger partial charge in [0.15, 0.2) is 34.9 Å². The molecule has 0 radical (unpaired) electrons. The van der Waals surface area contributed by atoms with Crippen LogP contribution in [-0.2, 0) is 0 Å². The Bertz CT molecular complexity index is 10000. The molecule has 0 aliphatic carbocycles. The third-order valence-electron chi connectivity index (χ3n) is 28.3. The van der Waals surface area contributed by atoms with Gasteiger partial charge in [0.05, 0.1) is 44.1 Å². The molecule has 144 heavy (non-hydrogen) atoms. The number of nitrogens with zero attached hydrogens (tertiary/aromatic N) is 10. The molecule has 0 amide bonds. The average molecular weight is 1840 g/mol. The first kappa shape index (κ1) is 82.7. The molecule has 0 unspecified atom stereocenters. The van der Waals surface area contributed by atoms with E-state index in [4.69, 9.17) is 38.7 Å². The van der Waals surface area contributed by atoms with E-state index < -0.39 is 0 Å². The van der Waals surface area contributed by atoms with Crippen molar-refractivity contribution in [1.82, 2.24) is 48.2 Å². The lowest BCUT2D eigenvalue weighted by Gasteiger charge is -2.11. The molecular weight excluding hydrogens is 1760 g/mol. The predicted octanol–water partition coefficient (Wildman–Crippen LogP) is 34.3. The fraction of sp³-hybridized carbons (Fsp3) is 0. The zero-order valence-corrected chi connectivity index (χ0v) is 77.6. The Morgan fingerprint density at radius 2 is 0.354 bits per heavy atom. The van der Waals surface area contributed by atoms with Gasteiger partial charge in [0, 0.05) is 121 Å². The molecule has 8 heterocycles. The van der Waals surface area contributed by atoms with Crippen molar-refractivity contribution in [3.8, 4) is 147 Å². The summed E-state index contributed by atoms with van der Waals surface area (Å²) in [7, 11) is 0. The van der Waals surface area contributed by atoms with Crippen molar-refractivity contribution in [2.75, 3.05) is 0 Å². The van der Waals surface area contributed by atoms with Crippen LogP contribution in [0.5, 0.6) is 0 Å². The third-order valence-corrected chi connectivity index (χ3v) is 28.3. The van der Waals surface area contributed by atoms with Crippen molar-refractivity contribution in [2.45, 2.75) is 0 Å². The Morgan fingerprint density at radius 3 is 0.674 bits per heavy atom. The van der Waals surface area contributed by atoms with Gasteiger partial charge >= 0.3 is 0 Å². The lowest BCUT2D eigenvalue weighted by molar-refractivity contribution is 0.668. The molecule has 0 spiro atoms. The lowest BCUT2D eigenvalue weighted by Crippen LogP contribution is -2.00. The van der Waals surface area contributed by atoms with E-state index in [0.717, 1.165) is 150 Å². The minimum Gasteiger partial charge on any atom is -0.456 e. The van der Waals surface area contributed by atoms with Gasteiger partial charge < -0.3 is 27.1 Å². The van der Waals surface area contributed by atoms with Crippen LogP contribution in [0.4, 0.5) is 0 Å². The van der Waals surface area contributed by atoms with E-state index in [-0.39, 0.29) is 0 Å². The Labute approximate surface area is 826 Å². The second kappa shape index (κ2) is 34.3. The first-order valence-electron chi connectivity index (χ1n) is 48.6. The molecule has 21 aromatic carbocycles. The highest BCUT2D eigenvalue weighted by molar-refractivity contribution is 6.19. The molecule has 0 saturated heterocycles. The summed E-state index contributed by atoms with van der Waals surface area (Å²) in [6.45, 7) is 0. The van der Waals surface area contributed by atoms with Crippen molar-refractivity contribution >= 4 is 131 Å². The summed E-state index contributed by atoms with van der Waals surface area (Å²) in [5.41, 5.74) is 33.9. The smallest absolute Gasteiger partial charge is 0.164 e. The maximum atomic E-state index is 6.59. The number of aromatic nitrogens is 10. The van der Waals surface area contributed by atoms with Crippen LogP contribution in [0, 0.1) is 0 Å². The highest BCUT2D eigenvalue weighted by Gasteiger charge is 2.26. The first-order chi connectivity index (χ1) is 71.4. The van der Waals surface area contributed by atoms with Crippen molar-refractivity contribution in [1.29, 1.82) is 0 Å². The summed E-state index contributed by atoms with van der Waals surface area (Å²) in [5.74, 6) is 3.65. The molecule has 0 N–H and O–H groups in total. The molecule has 0 bridgehead atoms. The average Bonchev–Trinajstić information content (AvgIpc) is 1.58. The highest BCUT2D eigenvalue weighted by atomic mass is 16.3. The van der Waals surface area contributed by atoms with E-state index in [1.54, 1.807) is 0 Å². The molecule has 0 saturated carbocycles. The molecule has 29 aromatic rings.